The van der Waals surface area contributed by atoms with Crippen molar-refractivity contribution in [2.45, 2.75) is 24.9 Å². The van der Waals surface area contributed by atoms with E-state index < -0.39 is 0 Å². The van der Waals surface area contributed by atoms with Crippen molar-refractivity contribution in [2.24, 2.45) is 5.92 Å². The Morgan fingerprint density at radius 3 is 1.85 bits per heavy atom. The second kappa shape index (κ2) is 6.21. The lowest BCUT2D eigenvalue weighted by Crippen LogP contribution is -2.44. The van der Waals surface area contributed by atoms with Gasteiger partial charge in [0.25, 0.3) is 0 Å². The van der Waals surface area contributed by atoms with Crippen LogP contribution in [0.2, 0.25) is 0 Å². The van der Waals surface area contributed by atoms with Crippen LogP contribution in [0.25, 0.3) is 0 Å². The summed E-state index contributed by atoms with van der Waals surface area (Å²) in [5.41, 5.74) is 2.59. The number of aliphatic hydroxyl groups is 1. The minimum absolute atomic E-state index is 0.238. The van der Waals surface area contributed by atoms with Gasteiger partial charge in [-0.15, -0.1) is 0 Å². The van der Waals surface area contributed by atoms with Gasteiger partial charge in [0.2, 0.25) is 0 Å². The van der Waals surface area contributed by atoms with Gasteiger partial charge in [-0.2, -0.15) is 0 Å². The first-order valence-corrected chi connectivity index (χ1v) is 7.33. The zero-order valence-corrected chi connectivity index (χ0v) is 11.6. The largest absolute Gasteiger partial charge is 0.396 e. The molecule has 1 saturated carbocycles. The van der Waals surface area contributed by atoms with Crippen LogP contribution in [-0.2, 0) is 0 Å². The molecule has 0 bridgehead atoms. The number of aliphatic hydroxyl groups excluding tert-OH is 1. The predicted molar refractivity (Wildman–Crippen MR) is 81.5 cm³/mol. The Hall–Kier alpha value is -1.64. The van der Waals surface area contributed by atoms with Gasteiger partial charge >= 0.3 is 0 Å². The van der Waals surface area contributed by atoms with Crippen molar-refractivity contribution in [3.05, 3.63) is 71.8 Å². The maximum atomic E-state index is 9.14. The molecule has 0 saturated heterocycles. The van der Waals surface area contributed by atoms with Crippen LogP contribution in [0.3, 0.4) is 0 Å². The van der Waals surface area contributed by atoms with Gasteiger partial charge in [0.1, 0.15) is 0 Å². The molecule has 2 N–H and O–H groups in total. The van der Waals surface area contributed by atoms with Crippen LogP contribution >= 0.6 is 0 Å². The number of nitrogens with one attached hydrogen (secondary N) is 1. The molecule has 104 valence electrons. The molecule has 0 aromatic heterocycles. The normalized spacial score (nSPS) is 21.7. The molecule has 0 aliphatic heterocycles. The molecule has 3 rings (SSSR count). The van der Waals surface area contributed by atoms with Gasteiger partial charge in [0, 0.05) is 12.6 Å². The van der Waals surface area contributed by atoms with Gasteiger partial charge in [-0.1, -0.05) is 60.7 Å². The van der Waals surface area contributed by atoms with Crippen molar-refractivity contribution in [3.8, 4) is 0 Å². The van der Waals surface area contributed by atoms with E-state index in [0.717, 1.165) is 12.8 Å². The molecule has 1 aliphatic carbocycles. The molecule has 0 amide bonds. The summed E-state index contributed by atoms with van der Waals surface area (Å²) in [7, 11) is 0. The molecule has 2 heteroatoms. The highest BCUT2D eigenvalue weighted by atomic mass is 16.3. The zero-order chi connectivity index (χ0) is 13.8. The van der Waals surface area contributed by atoms with Gasteiger partial charge in [0.15, 0.2) is 0 Å². The van der Waals surface area contributed by atoms with Crippen molar-refractivity contribution >= 4 is 0 Å². The molecule has 1 fully saturated rings. The van der Waals surface area contributed by atoms with Gasteiger partial charge in [0.05, 0.1) is 6.04 Å². The minimum Gasteiger partial charge on any atom is -0.396 e. The Labute approximate surface area is 120 Å². The third-order valence-corrected chi connectivity index (χ3v) is 4.16. The second-order valence-electron chi connectivity index (χ2n) is 5.64. The molecule has 2 aromatic carbocycles. The topological polar surface area (TPSA) is 32.3 Å². The SMILES string of the molecule is OCC1CC(NC(c2ccccc2)c2ccccc2)C1. The highest BCUT2D eigenvalue weighted by molar-refractivity contribution is 5.31. The summed E-state index contributed by atoms with van der Waals surface area (Å²) in [4.78, 5) is 0. The Morgan fingerprint density at radius 1 is 0.900 bits per heavy atom. The van der Waals surface area contributed by atoms with Crippen molar-refractivity contribution < 1.29 is 5.11 Å². The van der Waals surface area contributed by atoms with Crippen LogP contribution in [0.1, 0.15) is 30.0 Å². The first-order valence-electron chi connectivity index (χ1n) is 7.33. The van der Waals surface area contributed by atoms with E-state index in [1.165, 1.54) is 11.1 Å². The molecule has 0 radical (unpaired) electrons. The lowest BCUT2D eigenvalue weighted by atomic mass is 9.80. The number of benzene rings is 2. The van der Waals surface area contributed by atoms with E-state index in [1.54, 1.807) is 0 Å². The van der Waals surface area contributed by atoms with Crippen LogP contribution in [0.4, 0.5) is 0 Å². The molecular formula is C18H21NO. The Kier molecular flexibility index (Phi) is 4.14. The Balaban J connectivity index is 1.78. The van der Waals surface area contributed by atoms with E-state index in [4.69, 9.17) is 5.11 Å². The summed E-state index contributed by atoms with van der Waals surface area (Å²) in [6.45, 7) is 0.319. The molecule has 0 atom stereocenters. The van der Waals surface area contributed by atoms with Crippen LogP contribution in [0.15, 0.2) is 60.7 Å². The first-order chi connectivity index (χ1) is 9.86. The molecule has 2 nitrogen and oxygen atoms in total. The lowest BCUT2D eigenvalue weighted by Gasteiger charge is -2.38. The summed E-state index contributed by atoms with van der Waals surface area (Å²) in [6.07, 6.45) is 2.15. The summed E-state index contributed by atoms with van der Waals surface area (Å²) >= 11 is 0. The van der Waals surface area contributed by atoms with Crippen molar-refractivity contribution in [1.29, 1.82) is 0 Å². The molecule has 0 spiro atoms. The van der Waals surface area contributed by atoms with Crippen LogP contribution in [-0.4, -0.2) is 17.8 Å². The fraction of sp³-hybridized carbons (Fsp3) is 0.333. The number of rotatable bonds is 5. The molecule has 2 aromatic rings. The monoisotopic (exact) mass is 267 g/mol. The number of hydrogen-bond acceptors (Lipinski definition) is 2. The second-order valence-corrected chi connectivity index (χ2v) is 5.64. The van der Waals surface area contributed by atoms with E-state index in [2.05, 4.69) is 66.0 Å². The molecule has 0 heterocycles. The first kappa shape index (κ1) is 13.3. The summed E-state index contributed by atoms with van der Waals surface area (Å²) in [6, 6.07) is 21.9. The molecule has 0 unspecified atom stereocenters. The zero-order valence-electron chi connectivity index (χ0n) is 11.6. The highest BCUT2D eigenvalue weighted by Crippen LogP contribution is 2.31. The average Bonchev–Trinajstić information content (AvgIpc) is 2.48. The predicted octanol–water partition coefficient (Wildman–Crippen LogP) is 3.14. The van der Waals surface area contributed by atoms with Crippen LogP contribution < -0.4 is 5.32 Å². The smallest absolute Gasteiger partial charge is 0.0578 e. The Morgan fingerprint density at radius 2 is 1.40 bits per heavy atom. The summed E-state index contributed by atoms with van der Waals surface area (Å²) in [5.74, 6) is 0.486. The van der Waals surface area contributed by atoms with Crippen molar-refractivity contribution in [1.82, 2.24) is 5.32 Å². The number of hydrogen-bond donors (Lipinski definition) is 2. The van der Waals surface area contributed by atoms with Crippen molar-refractivity contribution in [3.63, 3.8) is 0 Å². The molecule has 1 aliphatic rings. The van der Waals surface area contributed by atoms with Gasteiger partial charge in [-0.05, 0) is 29.9 Å². The summed E-state index contributed by atoms with van der Waals surface area (Å²) < 4.78 is 0. The molecular weight excluding hydrogens is 246 g/mol. The summed E-state index contributed by atoms with van der Waals surface area (Å²) in [5, 5.41) is 12.9. The van der Waals surface area contributed by atoms with E-state index in [0.29, 0.717) is 18.6 Å². The van der Waals surface area contributed by atoms with Gasteiger partial charge in [-0.3, -0.25) is 0 Å². The third kappa shape index (κ3) is 2.92. The third-order valence-electron chi connectivity index (χ3n) is 4.16. The maximum absolute atomic E-state index is 9.14. The quantitative estimate of drug-likeness (QED) is 0.872. The van der Waals surface area contributed by atoms with E-state index >= 15 is 0 Å². The van der Waals surface area contributed by atoms with Crippen LogP contribution in [0, 0.1) is 5.92 Å². The van der Waals surface area contributed by atoms with Gasteiger partial charge in [-0.25, -0.2) is 0 Å². The van der Waals surface area contributed by atoms with E-state index in [9.17, 15) is 0 Å². The minimum atomic E-state index is 0.238. The standard InChI is InChI=1S/C18H21NO/c20-13-14-11-17(12-14)19-18(15-7-3-1-4-8-15)16-9-5-2-6-10-16/h1-10,14,17-20H,11-13H2. The fourth-order valence-corrected chi connectivity index (χ4v) is 2.93. The van der Waals surface area contributed by atoms with Crippen molar-refractivity contribution in [2.75, 3.05) is 6.61 Å². The Bertz CT molecular complexity index is 480. The van der Waals surface area contributed by atoms with E-state index in [1.807, 2.05) is 0 Å². The highest BCUT2D eigenvalue weighted by Gasteiger charge is 2.30. The van der Waals surface area contributed by atoms with E-state index in [-0.39, 0.29) is 6.04 Å². The fourth-order valence-electron chi connectivity index (χ4n) is 2.93. The van der Waals surface area contributed by atoms with Crippen LogP contribution in [0.5, 0.6) is 0 Å². The average molecular weight is 267 g/mol. The van der Waals surface area contributed by atoms with Gasteiger partial charge < -0.3 is 10.4 Å². The maximum Gasteiger partial charge on any atom is 0.0578 e. The molecule has 20 heavy (non-hydrogen) atoms. The lowest BCUT2D eigenvalue weighted by molar-refractivity contribution is 0.123.